The van der Waals surface area contributed by atoms with E-state index in [2.05, 4.69) is 24.4 Å². The van der Waals surface area contributed by atoms with Gasteiger partial charge in [0.2, 0.25) is 0 Å². The highest BCUT2D eigenvalue weighted by molar-refractivity contribution is 6.30. The minimum absolute atomic E-state index is 0.688. The van der Waals surface area contributed by atoms with Gasteiger partial charge in [0.25, 0.3) is 0 Å². The van der Waals surface area contributed by atoms with Gasteiger partial charge in [-0.3, -0.25) is 0 Å². The third kappa shape index (κ3) is 3.17. The highest BCUT2D eigenvalue weighted by Gasteiger charge is 2.03. The van der Waals surface area contributed by atoms with Crippen LogP contribution >= 0.6 is 11.6 Å². The lowest BCUT2D eigenvalue weighted by Gasteiger charge is -2.11. The van der Waals surface area contributed by atoms with E-state index in [1.807, 2.05) is 30.3 Å². The Labute approximate surface area is 113 Å². The number of halogens is 1. The lowest BCUT2D eigenvalue weighted by molar-refractivity contribution is 0.410. The van der Waals surface area contributed by atoms with Crippen molar-refractivity contribution in [1.29, 1.82) is 0 Å². The fourth-order valence-corrected chi connectivity index (χ4v) is 2.03. The van der Waals surface area contributed by atoms with Crippen molar-refractivity contribution in [3.05, 3.63) is 58.6 Å². The Kier molecular flexibility index (Phi) is 4.11. The maximum Gasteiger partial charge on any atom is 0.123 e. The summed E-state index contributed by atoms with van der Waals surface area (Å²) in [6, 6.07) is 13.9. The Bertz CT molecular complexity index is 540. The molecule has 0 amide bonds. The van der Waals surface area contributed by atoms with Crippen LogP contribution in [0.15, 0.2) is 42.5 Å². The number of hydrogen-bond acceptors (Lipinski definition) is 2. The lowest BCUT2D eigenvalue weighted by Crippen LogP contribution is -2.01. The van der Waals surface area contributed by atoms with E-state index >= 15 is 0 Å². The first-order chi connectivity index (χ1) is 8.69. The maximum absolute atomic E-state index is 6.00. The maximum atomic E-state index is 6.00. The van der Waals surface area contributed by atoms with E-state index in [0.717, 1.165) is 22.0 Å². The number of aryl methyl sites for hydroxylation is 1. The Morgan fingerprint density at radius 3 is 2.72 bits per heavy atom. The first-order valence-electron chi connectivity index (χ1n) is 5.82. The molecule has 0 aliphatic rings. The molecular formula is C15H16ClNO. The van der Waals surface area contributed by atoms with Crippen molar-refractivity contribution >= 4 is 17.3 Å². The smallest absolute Gasteiger partial charge is 0.123 e. The van der Waals surface area contributed by atoms with Crippen LogP contribution in [-0.4, -0.2) is 7.11 Å². The molecule has 0 fully saturated rings. The Balaban J connectivity index is 2.12. The van der Waals surface area contributed by atoms with Crippen molar-refractivity contribution in [3.8, 4) is 5.75 Å². The molecule has 0 heterocycles. The van der Waals surface area contributed by atoms with Crippen LogP contribution in [0.5, 0.6) is 5.75 Å². The van der Waals surface area contributed by atoms with E-state index in [0.29, 0.717) is 6.54 Å². The van der Waals surface area contributed by atoms with Crippen LogP contribution < -0.4 is 10.1 Å². The SMILES string of the molecule is COc1ccc(Cl)cc1CNc1cccc(C)c1. The molecule has 0 saturated heterocycles. The molecule has 0 aliphatic carbocycles. The molecule has 0 unspecified atom stereocenters. The van der Waals surface area contributed by atoms with Gasteiger partial charge < -0.3 is 10.1 Å². The van der Waals surface area contributed by atoms with Crippen LogP contribution in [0, 0.1) is 6.92 Å². The summed E-state index contributed by atoms with van der Waals surface area (Å²) in [5.74, 6) is 0.847. The second-order valence-corrected chi connectivity index (χ2v) is 4.62. The molecule has 94 valence electrons. The molecule has 0 radical (unpaired) electrons. The predicted octanol–water partition coefficient (Wildman–Crippen LogP) is 4.27. The van der Waals surface area contributed by atoms with E-state index in [9.17, 15) is 0 Å². The van der Waals surface area contributed by atoms with Gasteiger partial charge in [0.05, 0.1) is 7.11 Å². The van der Waals surface area contributed by atoms with Gasteiger partial charge in [-0.05, 0) is 42.8 Å². The van der Waals surface area contributed by atoms with Crippen LogP contribution in [0.4, 0.5) is 5.69 Å². The van der Waals surface area contributed by atoms with Crippen LogP contribution in [-0.2, 0) is 6.54 Å². The summed E-state index contributed by atoms with van der Waals surface area (Å²) < 4.78 is 5.31. The zero-order valence-corrected chi connectivity index (χ0v) is 11.3. The van der Waals surface area contributed by atoms with E-state index in [1.165, 1.54) is 5.56 Å². The highest BCUT2D eigenvalue weighted by atomic mass is 35.5. The van der Waals surface area contributed by atoms with Crippen molar-refractivity contribution in [2.45, 2.75) is 13.5 Å². The first-order valence-corrected chi connectivity index (χ1v) is 6.20. The molecule has 2 nitrogen and oxygen atoms in total. The molecule has 1 N–H and O–H groups in total. The van der Waals surface area contributed by atoms with Gasteiger partial charge in [-0.15, -0.1) is 0 Å². The topological polar surface area (TPSA) is 21.3 Å². The van der Waals surface area contributed by atoms with Crippen molar-refractivity contribution in [2.75, 3.05) is 12.4 Å². The third-order valence-corrected chi connectivity index (χ3v) is 2.98. The zero-order valence-electron chi connectivity index (χ0n) is 10.5. The third-order valence-electron chi connectivity index (χ3n) is 2.74. The van der Waals surface area contributed by atoms with Gasteiger partial charge in [-0.2, -0.15) is 0 Å². The number of rotatable bonds is 4. The normalized spacial score (nSPS) is 10.2. The molecule has 0 atom stereocenters. The second-order valence-electron chi connectivity index (χ2n) is 4.18. The molecule has 18 heavy (non-hydrogen) atoms. The average molecular weight is 262 g/mol. The summed E-state index contributed by atoms with van der Waals surface area (Å²) in [7, 11) is 1.67. The van der Waals surface area contributed by atoms with Crippen molar-refractivity contribution < 1.29 is 4.74 Å². The molecular weight excluding hydrogens is 246 g/mol. The summed E-state index contributed by atoms with van der Waals surface area (Å²) >= 11 is 6.00. The first kappa shape index (κ1) is 12.8. The van der Waals surface area contributed by atoms with Gasteiger partial charge in [-0.1, -0.05) is 23.7 Å². The fourth-order valence-electron chi connectivity index (χ4n) is 1.84. The van der Waals surface area contributed by atoms with Gasteiger partial charge in [0.1, 0.15) is 5.75 Å². The van der Waals surface area contributed by atoms with E-state index in [-0.39, 0.29) is 0 Å². The summed E-state index contributed by atoms with van der Waals surface area (Å²) in [6.45, 7) is 2.76. The van der Waals surface area contributed by atoms with Crippen LogP contribution in [0.3, 0.4) is 0 Å². The van der Waals surface area contributed by atoms with E-state index in [1.54, 1.807) is 7.11 Å². The summed E-state index contributed by atoms with van der Waals surface area (Å²) in [6.07, 6.45) is 0. The molecule has 0 aliphatic heterocycles. The highest BCUT2D eigenvalue weighted by Crippen LogP contribution is 2.23. The Morgan fingerprint density at radius 2 is 2.00 bits per heavy atom. The number of nitrogens with one attached hydrogen (secondary N) is 1. The number of methoxy groups -OCH3 is 1. The molecule has 0 spiro atoms. The van der Waals surface area contributed by atoms with E-state index < -0.39 is 0 Å². The van der Waals surface area contributed by atoms with Crippen LogP contribution in [0.1, 0.15) is 11.1 Å². The fraction of sp³-hybridized carbons (Fsp3) is 0.200. The van der Waals surface area contributed by atoms with Gasteiger partial charge >= 0.3 is 0 Å². The predicted molar refractivity (Wildman–Crippen MR) is 76.5 cm³/mol. The number of ether oxygens (including phenoxy) is 1. The van der Waals surface area contributed by atoms with Crippen LogP contribution in [0.2, 0.25) is 5.02 Å². The van der Waals surface area contributed by atoms with Gasteiger partial charge in [-0.25, -0.2) is 0 Å². The second kappa shape index (κ2) is 5.78. The quantitative estimate of drug-likeness (QED) is 0.888. The molecule has 2 aromatic rings. The number of benzene rings is 2. The zero-order chi connectivity index (χ0) is 13.0. The largest absolute Gasteiger partial charge is 0.496 e. The molecule has 0 aromatic heterocycles. The summed E-state index contributed by atoms with van der Waals surface area (Å²) in [5, 5.41) is 4.08. The standard InChI is InChI=1S/C15H16ClNO/c1-11-4-3-5-14(8-11)17-10-12-9-13(16)6-7-15(12)18-2/h3-9,17H,10H2,1-2H3. The molecule has 0 saturated carbocycles. The number of hydrogen-bond donors (Lipinski definition) is 1. The molecule has 3 heteroatoms. The lowest BCUT2D eigenvalue weighted by atomic mass is 10.2. The van der Waals surface area contributed by atoms with Gasteiger partial charge in [0, 0.05) is 22.8 Å². The molecule has 0 bridgehead atoms. The minimum Gasteiger partial charge on any atom is -0.496 e. The van der Waals surface area contributed by atoms with Crippen molar-refractivity contribution in [1.82, 2.24) is 0 Å². The summed E-state index contributed by atoms with van der Waals surface area (Å²) in [5.41, 5.74) is 3.38. The van der Waals surface area contributed by atoms with Crippen LogP contribution in [0.25, 0.3) is 0 Å². The monoisotopic (exact) mass is 261 g/mol. The van der Waals surface area contributed by atoms with Crippen molar-refractivity contribution in [2.24, 2.45) is 0 Å². The Hall–Kier alpha value is -1.67. The molecule has 2 aromatic carbocycles. The van der Waals surface area contributed by atoms with Crippen molar-refractivity contribution in [3.63, 3.8) is 0 Å². The van der Waals surface area contributed by atoms with Gasteiger partial charge in [0.15, 0.2) is 0 Å². The molecule has 2 rings (SSSR count). The summed E-state index contributed by atoms with van der Waals surface area (Å²) in [4.78, 5) is 0. The van der Waals surface area contributed by atoms with E-state index in [4.69, 9.17) is 16.3 Å². The minimum atomic E-state index is 0.688. The Morgan fingerprint density at radius 1 is 1.17 bits per heavy atom. The number of anilines is 1. The average Bonchev–Trinajstić information content (AvgIpc) is 2.37.